The Morgan fingerprint density at radius 2 is 1.45 bits per heavy atom. The maximum absolute atomic E-state index is 11.9. The van der Waals surface area contributed by atoms with E-state index in [2.05, 4.69) is 34.6 Å². The van der Waals surface area contributed by atoms with Gasteiger partial charge in [0.1, 0.15) is 24.4 Å². The number of fused-ring (bicyclic) bond motifs is 3. The summed E-state index contributed by atoms with van der Waals surface area (Å²) in [7, 11) is 0. The molecule has 0 spiro atoms. The number of ether oxygens (including phenoxy) is 4. The van der Waals surface area contributed by atoms with Crippen LogP contribution < -0.4 is 0 Å². The van der Waals surface area contributed by atoms with Gasteiger partial charge in [-0.2, -0.15) is 0 Å². The van der Waals surface area contributed by atoms with E-state index in [4.69, 9.17) is 18.9 Å². The van der Waals surface area contributed by atoms with E-state index in [1.54, 1.807) is 13.8 Å². The molecule has 0 aromatic carbocycles. The number of aliphatic hydroxyl groups excluding tert-OH is 6. The summed E-state index contributed by atoms with van der Waals surface area (Å²) in [6.45, 7) is 13.9. The van der Waals surface area contributed by atoms with Gasteiger partial charge in [-0.1, -0.05) is 20.8 Å². The highest BCUT2D eigenvalue weighted by Gasteiger charge is 2.71. The first-order valence-electron chi connectivity index (χ1n) is 18.1. The Morgan fingerprint density at radius 1 is 0.766 bits per heavy atom. The fraction of sp³-hybridized carbons (Fsp3) is 1.00. The molecule has 0 unspecified atom stereocenters. The van der Waals surface area contributed by atoms with Gasteiger partial charge in [-0.15, -0.1) is 0 Å². The Bertz CT molecular complexity index is 1140. The smallest absolute Gasteiger partial charge is 0.186 e. The van der Waals surface area contributed by atoms with Crippen LogP contribution in [0, 0.1) is 34.0 Å². The van der Waals surface area contributed by atoms with Gasteiger partial charge >= 0.3 is 0 Å². The summed E-state index contributed by atoms with van der Waals surface area (Å²) in [6, 6.07) is 0. The fourth-order valence-corrected chi connectivity index (χ4v) is 12.1. The maximum Gasteiger partial charge on any atom is 0.186 e. The summed E-state index contributed by atoms with van der Waals surface area (Å²) in [4.78, 5) is 0. The molecule has 47 heavy (non-hydrogen) atoms. The molecule has 16 atom stereocenters. The summed E-state index contributed by atoms with van der Waals surface area (Å²) in [5.41, 5.74) is -3.18. The molecule has 0 bridgehead atoms. The summed E-state index contributed by atoms with van der Waals surface area (Å²) in [6.07, 6.45) is -1.25. The Morgan fingerprint density at radius 3 is 2.06 bits per heavy atom. The van der Waals surface area contributed by atoms with Crippen LogP contribution in [0.25, 0.3) is 0 Å². The molecule has 3 aliphatic heterocycles. The molecule has 0 radical (unpaired) electrons. The molecule has 6 rings (SSSR count). The molecule has 3 heterocycles. The second kappa shape index (κ2) is 12.1. The molecular formula is C36H62O11. The van der Waals surface area contributed by atoms with E-state index in [0.717, 1.165) is 44.9 Å². The van der Waals surface area contributed by atoms with Gasteiger partial charge in [0.15, 0.2) is 6.29 Å². The van der Waals surface area contributed by atoms with Crippen molar-refractivity contribution in [3.8, 4) is 0 Å². The summed E-state index contributed by atoms with van der Waals surface area (Å²) >= 11 is 0. The zero-order valence-corrected chi connectivity index (χ0v) is 29.5. The standard InChI is InChI=1S/C36H62O11/c1-31(2)21-8-15-36(18-38)22(33(21,5)12-9-23(31)45-30-28(42)27(41)26(40)20(17-37)44-30)16-19(39)29(36)35(7)14-11-25(47-35)34(6)13-10-24(46-34)32(3,4)43/h19-30,37-43H,8-18H2,1-7H3/t19-,20-,21+,22-,23-,24-,25+,26+,27+,28-,29-,30-,33-,34+,35+,36-/m0/s1. The largest absolute Gasteiger partial charge is 0.396 e. The minimum absolute atomic E-state index is 0.0227. The summed E-state index contributed by atoms with van der Waals surface area (Å²) in [5.74, 6) is 0.00142. The van der Waals surface area contributed by atoms with E-state index in [1.165, 1.54) is 0 Å². The lowest BCUT2D eigenvalue weighted by Crippen LogP contribution is -2.63. The van der Waals surface area contributed by atoms with Crippen molar-refractivity contribution in [2.75, 3.05) is 13.2 Å². The zero-order chi connectivity index (χ0) is 34.5. The van der Waals surface area contributed by atoms with E-state index >= 15 is 0 Å². The van der Waals surface area contributed by atoms with Gasteiger partial charge in [0.25, 0.3) is 0 Å². The molecular weight excluding hydrogens is 608 g/mol. The SMILES string of the molecule is CC(C)(O)[C@@H]1CC[C@](C)([C@H]2CC[C@](C)([C@@H]3[C@@H](O)C[C@H]4[C@@]5(C)CC[C@H](O[C@@H]6O[C@@H](CO)[C@@H](O)[C@@H](O)[C@@H]6O)C(C)(C)[C@H]5CC[C@@]34CO)O2)O1. The molecule has 3 saturated carbocycles. The molecule has 0 amide bonds. The Balaban J connectivity index is 1.21. The van der Waals surface area contributed by atoms with Crippen molar-refractivity contribution in [3.63, 3.8) is 0 Å². The number of rotatable bonds is 7. The van der Waals surface area contributed by atoms with Crippen LogP contribution in [-0.4, -0.2) is 121 Å². The molecule has 0 aromatic heterocycles. The first-order chi connectivity index (χ1) is 21.8. The third-order valence-corrected chi connectivity index (χ3v) is 14.5. The topological polar surface area (TPSA) is 179 Å². The van der Waals surface area contributed by atoms with Crippen molar-refractivity contribution < 1.29 is 54.7 Å². The average molecular weight is 671 g/mol. The van der Waals surface area contributed by atoms with Gasteiger partial charge < -0.3 is 54.7 Å². The average Bonchev–Trinajstić information content (AvgIpc) is 3.69. The van der Waals surface area contributed by atoms with Crippen LogP contribution in [0.2, 0.25) is 0 Å². The monoisotopic (exact) mass is 670 g/mol. The minimum Gasteiger partial charge on any atom is -0.396 e. The number of hydrogen-bond donors (Lipinski definition) is 7. The molecule has 3 aliphatic carbocycles. The molecule has 3 saturated heterocycles. The quantitative estimate of drug-likeness (QED) is 0.197. The highest BCUT2D eigenvalue weighted by atomic mass is 16.7. The van der Waals surface area contributed by atoms with Crippen molar-refractivity contribution in [2.45, 2.75) is 178 Å². The molecule has 0 aromatic rings. The van der Waals surface area contributed by atoms with E-state index in [1.807, 2.05) is 0 Å². The molecule has 11 heteroatoms. The van der Waals surface area contributed by atoms with Crippen LogP contribution in [0.1, 0.15) is 106 Å². The normalized spacial score (nSPS) is 54.8. The van der Waals surface area contributed by atoms with Crippen LogP contribution in [0.15, 0.2) is 0 Å². The first-order valence-corrected chi connectivity index (χ1v) is 18.1. The second-order valence-electron chi connectivity index (χ2n) is 18.1. The molecule has 272 valence electrons. The molecule has 6 aliphatic rings. The Kier molecular flexibility index (Phi) is 9.34. The van der Waals surface area contributed by atoms with Gasteiger partial charge in [0.2, 0.25) is 0 Å². The van der Waals surface area contributed by atoms with Crippen LogP contribution in [-0.2, 0) is 18.9 Å². The fourth-order valence-electron chi connectivity index (χ4n) is 12.1. The third kappa shape index (κ3) is 5.57. The van der Waals surface area contributed by atoms with E-state index < -0.39 is 65.6 Å². The third-order valence-electron chi connectivity index (χ3n) is 14.5. The van der Waals surface area contributed by atoms with Crippen LogP contribution >= 0.6 is 0 Å². The lowest BCUT2D eigenvalue weighted by Gasteiger charge is -2.64. The second-order valence-corrected chi connectivity index (χ2v) is 18.1. The highest BCUT2D eigenvalue weighted by molar-refractivity contribution is 5.19. The van der Waals surface area contributed by atoms with Gasteiger partial charge in [0, 0.05) is 17.9 Å². The first kappa shape index (κ1) is 36.4. The zero-order valence-electron chi connectivity index (χ0n) is 29.5. The van der Waals surface area contributed by atoms with E-state index in [0.29, 0.717) is 12.8 Å². The van der Waals surface area contributed by atoms with Gasteiger partial charge in [0.05, 0.1) is 47.8 Å². The van der Waals surface area contributed by atoms with E-state index in [9.17, 15) is 35.7 Å². The van der Waals surface area contributed by atoms with Crippen LogP contribution in [0.3, 0.4) is 0 Å². The van der Waals surface area contributed by atoms with Crippen molar-refractivity contribution in [1.29, 1.82) is 0 Å². The predicted octanol–water partition coefficient (Wildman–Crippen LogP) is 2.03. The van der Waals surface area contributed by atoms with Crippen LogP contribution in [0.5, 0.6) is 0 Å². The van der Waals surface area contributed by atoms with Crippen molar-refractivity contribution in [1.82, 2.24) is 0 Å². The minimum atomic E-state index is -1.50. The molecule has 7 N–H and O–H groups in total. The molecule has 6 fully saturated rings. The summed E-state index contributed by atoms with van der Waals surface area (Å²) < 4.78 is 25.6. The Hall–Kier alpha value is -0.440. The van der Waals surface area contributed by atoms with Crippen molar-refractivity contribution >= 4 is 0 Å². The van der Waals surface area contributed by atoms with Gasteiger partial charge in [-0.25, -0.2) is 0 Å². The Labute approximate surface area is 279 Å². The maximum atomic E-state index is 11.9. The van der Waals surface area contributed by atoms with Crippen LogP contribution in [0.4, 0.5) is 0 Å². The number of aliphatic hydroxyl groups is 7. The summed E-state index contributed by atoms with van der Waals surface area (Å²) in [5, 5.41) is 74.9. The van der Waals surface area contributed by atoms with Gasteiger partial charge in [-0.05, 0) is 108 Å². The number of hydrogen-bond acceptors (Lipinski definition) is 11. The van der Waals surface area contributed by atoms with Gasteiger partial charge in [-0.3, -0.25) is 0 Å². The molecule has 11 nitrogen and oxygen atoms in total. The highest BCUT2D eigenvalue weighted by Crippen LogP contribution is 2.72. The van der Waals surface area contributed by atoms with Crippen molar-refractivity contribution in [2.24, 2.45) is 34.0 Å². The lowest BCUT2D eigenvalue weighted by atomic mass is 9.42. The lowest BCUT2D eigenvalue weighted by molar-refractivity contribution is -0.329. The predicted molar refractivity (Wildman–Crippen MR) is 171 cm³/mol. The van der Waals surface area contributed by atoms with E-state index in [-0.39, 0.29) is 53.5 Å². The van der Waals surface area contributed by atoms with Crippen molar-refractivity contribution in [3.05, 3.63) is 0 Å².